The topological polar surface area (TPSA) is 42.0 Å². The van der Waals surface area contributed by atoms with Gasteiger partial charge in [0.15, 0.2) is 0 Å². The van der Waals surface area contributed by atoms with Gasteiger partial charge in [0, 0.05) is 23.0 Å². The van der Waals surface area contributed by atoms with E-state index in [1.165, 1.54) is 6.20 Å². The first-order valence-electron chi connectivity index (χ1n) is 6.56. The summed E-state index contributed by atoms with van der Waals surface area (Å²) in [5.74, 6) is -0.260. The number of aromatic nitrogens is 1. The molecule has 0 atom stereocenters. The standard InChI is InChI=1S/C17H13ClN2O/c1-11-9-15(18)14(10-19-11)17(21)20-16-8-4-6-12-5-2-3-7-13(12)16/h2-10H,1H3,(H,20,21). The average Bonchev–Trinajstić information content (AvgIpc) is 2.47. The molecule has 0 saturated heterocycles. The van der Waals surface area contributed by atoms with Gasteiger partial charge >= 0.3 is 0 Å². The minimum absolute atomic E-state index is 0.260. The summed E-state index contributed by atoms with van der Waals surface area (Å²) in [5.41, 5.74) is 1.91. The Morgan fingerprint density at radius 3 is 2.71 bits per heavy atom. The van der Waals surface area contributed by atoms with Crippen molar-refractivity contribution in [2.75, 3.05) is 5.32 Å². The van der Waals surface area contributed by atoms with E-state index in [0.29, 0.717) is 10.6 Å². The Bertz CT molecular complexity index is 825. The molecule has 1 N–H and O–H groups in total. The number of pyridine rings is 1. The first-order valence-corrected chi connectivity index (χ1v) is 6.94. The molecular weight excluding hydrogens is 284 g/mol. The highest BCUT2D eigenvalue weighted by Crippen LogP contribution is 2.24. The molecular formula is C17H13ClN2O. The second-order valence-corrected chi connectivity index (χ2v) is 5.19. The quantitative estimate of drug-likeness (QED) is 0.759. The fourth-order valence-electron chi connectivity index (χ4n) is 2.22. The lowest BCUT2D eigenvalue weighted by Gasteiger charge is -2.09. The summed E-state index contributed by atoms with van der Waals surface area (Å²) in [6.07, 6.45) is 1.50. The summed E-state index contributed by atoms with van der Waals surface area (Å²) in [5, 5.41) is 5.36. The molecule has 0 aliphatic rings. The van der Waals surface area contributed by atoms with Crippen molar-refractivity contribution in [3.63, 3.8) is 0 Å². The van der Waals surface area contributed by atoms with Crippen molar-refractivity contribution in [3.05, 3.63) is 71.0 Å². The summed E-state index contributed by atoms with van der Waals surface area (Å²) < 4.78 is 0. The van der Waals surface area contributed by atoms with Gasteiger partial charge in [0.25, 0.3) is 5.91 Å². The van der Waals surface area contributed by atoms with Crippen molar-refractivity contribution < 1.29 is 4.79 Å². The van der Waals surface area contributed by atoms with Crippen LogP contribution >= 0.6 is 11.6 Å². The Morgan fingerprint density at radius 1 is 1.14 bits per heavy atom. The molecule has 1 aromatic heterocycles. The Balaban J connectivity index is 1.97. The Kier molecular flexibility index (Phi) is 3.59. The molecule has 2 aromatic carbocycles. The molecule has 21 heavy (non-hydrogen) atoms. The average molecular weight is 297 g/mol. The van der Waals surface area contributed by atoms with Crippen LogP contribution < -0.4 is 5.32 Å². The van der Waals surface area contributed by atoms with Crippen LogP contribution in [0.25, 0.3) is 10.8 Å². The van der Waals surface area contributed by atoms with E-state index in [1.54, 1.807) is 6.07 Å². The van der Waals surface area contributed by atoms with Gasteiger partial charge in [-0.15, -0.1) is 0 Å². The number of fused-ring (bicyclic) bond motifs is 1. The van der Waals surface area contributed by atoms with Gasteiger partial charge in [-0.25, -0.2) is 0 Å². The van der Waals surface area contributed by atoms with Crippen molar-refractivity contribution in [1.29, 1.82) is 0 Å². The lowest BCUT2D eigenvalue weighted by atomic mass is 10.1. The fraction of sp³-hybridized carbons (Fsp3) is 0.0588. The number of benzene rings is 2. The van der Waals surface area contributed by atoms with Gasteiger partial charge in [-0.1, -0.05) is 48.0 Å². The highest BCUT2D eigenvalue weighted by molar-refractivity contribution is 6.34. The molecule has 0 radical (unpaired) electrons. The Morgan fingerprint density at radius 2 is 1.90 bits per heavy atom. The van der Waals surface area contributed by atoms with E-state index in [1.807, 2.05) is 49.4 Å². The Hall–Kier alpha value is -2.39. The first-order chi connectivity index (χ1) is 10.1. The maximum Gasteiger partial charge on any atom is 0.258 e. The van der Waals surface area contributed by atoms with Gasteiger partial charge in [0.05, 0.1) is 10.6 Å². The molecule has 3 rings (SSSR count). The number of hydrogen-bond donors (Lipinski definition) is 1. The number of anilines is 1. The van der Waals surface area contributed by atoms with E-state index in [-0.39, 0.29) is 5.91 Å². The van der Waals surface area contributed by atoms with E-state index in [4.69, 9.17) is 11.6 Å². The van der Waals surface area contributed by atoms with Crippen molar-refractivity contribution in [3.8, 4) is 0 Å². The van der Waals surface area contributed by atoms with Crippen LogP contribution in [0.5, 0.6) is 0 Å². The third-order valence-corrected chi connectivity index (χ3v) is 3.59. The van der Waals surface area contributed by atoms with Gasteiger partial charge in [0.1, 0.15) is 0 Å². The predicted octanol–water partition coefficient (Wildman–Crippen LogP) is 4.45. The zero-order valence-electron chi connectivity index (χ0n) is 11.4. The monoisotopic (exact) mass is 296 g/mol. The molecule has 0 fully saturated rings. The van der Waals surface area contributed by atoms with E-state index >= 15 is 0 Å². The van der Waals surface area contributed by atoms with Crippen LogP contribution in [0.2, 0.25) is 5.02 Å². The van der Waals surface area contributed by atoms with Crippen LogP contribution in [0.15, 0.2) is 54.7 Å². The highest BCUT2D eigenvalue weighted by atomic mass is 35.5. The Labute approximate surface area is 127 Å². The van der Waals surface area contributed by atoms with Crippen molar-refractivity contribution in [2.24, 2.45) is 0 Å². The minimum atomic E-state index is -0.260. The number of amides is 1. The van der Waals surface area contributed by atoms with Gasteiger partial charge < -0.3 is 5.32 Å². The SMILES string of the molecule is Cc1cc(Cl)c(C(=O)Nc2cccc3ccccc23)cn1. The lowest BCUT2D eigenvalue weighted by molar-refractivity contribution is 0.102. The minimum Gasteiger partial charge on any atom is -0.321 e. The first kappa shape index (κ1) is 13.6. The van der Waals surface area contributed by atoms with Gasteiger partial charge in [-0.3, -0.25) is 9.78 Å². The number of carbonyl (C=O) groups excluding carboxylic acids is 1. The zero-order valence-corrected chi connectivity index (χ0v) is 12.2. The molecule has 0 unspecified atom stereocenters. The van der Waals surface area contributed by atoms with Crippen LogP contribution in [0.3, 0.4) is 0 Å². The van der Waals surface area contributed by atoms with Gasteiger partial charge in [-0.05, 0) is 24.4 Å². The maximum absolute atomic E-state index is 12.4. The number of hydrogen-bond acceptors (Lipinski definition) is 2. The summed E-state index contributed by atoms with van der Waals surface area (Å²) in [7, 11) is 0. The summed E-state index contributed by atoms with van der Waals surface area (Å²) >= 11 is 6.11. The molecule has 3 aromatic rings. The fourth-order valence-corrected chi connectivity index (χ4v) is 2.51. The van der Waals surface area contributed by atoms with E-state index in [9.17, 15) is 4.79 Å². The van der Waals surface area contributed by atoms with Crippen LogP contribution in [0.1, 0.15) is 16.1 Å². The molecule has 1 amide bonds. The second kappa shape index (κ2) is 5.54. The van der Waals surface area contributed by atoms with Crippen LogP contribution in [-0.2, 0) is 0 Å². The third-order valence-electron chi connectivity index (χ3n) is 3.27. The summed E-state index contributed by atoms with van der Waals surface area (Å²) in [4.78, 5) is 16.5. The number of nitrogens with zero attached hydrogens (tertiary/aromatic N) is 1. The number of carbonyl (C=O) groups is 1. The second-order valence-electron chi connectivity index (χ2n) is 4.79. The van der Waals surface area contributed by atoms with Crippen LogP contribution in [0, 0.1) is 6.92 Å². The maximum atomic E-state index is 12.4. The molecule has 1 heterocycles. The normalized spacial score (nSPS) is 10.6. The van der Waals surface area contributed by atoms with E-state index < -0.39 is 0 Å². The predicted molar refractivity (Wildman–Crippen MR) is 85.9 cm³/mol. The molecule has 104 valence electrons. The molecule has 0 aliphatic carbocycles. The number of nitrogens with one attached hydrogen (secondary N) is 1. The smallest absolute Gasteiger partial charge is 0.258 e. The van der Waals surface area contributed by atoms with Gasteiger partial charge in [-0.2, -0.15) is 0 Å². The van der Waals surface area contributed by atoms with Crippen molar-refractivity contribution in [2.45, 2.75) is 6.92 Å². The molecule has 3 nitrogen and oxygen atoms in total. The summed E-state index contributed by atoms with van der Waals surface area (Å²) in [6, 6.07) is 15.4. The van der Waals surface area contributed by atoms with E-state index in [0.717, 1.165) is 22.2 Å². The largest absolute Gasteiger partial charge is 0.321 e. The molecule has 0 spiro atoms. The zero-order chi connectivity index (χ0) is 14.8. The third kappa shape index (κ3) is 2.73. The van der Waals surface area contributed by atoms with E-state index in [2.05, 4.69) is 10.3 Å². The number of aryl methyl sites for hydroxylation is 1. The highest BCUT2D eigenvalue weighted by Gasteiger charge is 2.12. The lowest BCUT2D eigenvalue weighted by Crippen LogP contribution is -2.13. The molecule has 0 bridgehead atoms. The molecule has 0 saturated carbocycles. The van der Waals surface area contributed by atoms with Crippen LogP contribution in [0.4, 0.5) is 5.69 Å². The number of halogens is 1. The van der Waals surface area contributed by atoms with Gasteiger partial charge in [0.2, 0.25) is 0 Å². The summed E-state index contributed by atoms with van der Waals surface area (Å²) in [6.45, 7) is 1.83. The van der Waals surface area contributed by atoms with Crippen LogP contribution in [-0.4, -0.2) is 10.9 Å². The molecule has 4 heteroatoms. The van der Waals surface area contributed by atoms with Crippen molar-refractivity contribution >= 4 is 34.0 Å². The van der Waals surface area contributed by atoms with Crippen molar-refractivity contribution in [1.82, 2.24) is 4.98 Å². The number of rotatable bonds is 2. The molecule has 0 aliphatic heterocycles.